The van der Waals surface area contributed by atoms with Crippen molar-refractivity contribution >= 4 is 22.3 Å². The maximum absolute atomic E-state index is 4.36. The molecule has 0 aliphatic carbocycles. The first-order valence-corrected chi connectivity index (χ1v) is 8.27. The molecule has 23 heavy (non-hydrogen) atoms. The van der Waals surface area contributed by atoms with E-state index in [1.54, 1.807) is 0 Å². The molecular formula is C21H22N2. The molecule has 0 saturated heterocycles. The number of H-pyrrole nitrogens is 1. The second kappa shape index (κ2) is 5.31. The van der Waals surface area contributed by atoms with Gasteiger partial charge in [0.15, 0.2) is 0 Å². The fraction of sp³-hybridized carbons (Fsp3) is 0.238. The third-order valence-corrected chi connectivity index (χ3v) is 4.63. The molecule has 0 saturated carbocycles. The summed E-state index contributed by atoms with van der Waals surface area (Å²) in [6.07, 6.45) is 3.11. The Kier molecular flexibility index (Phi) is 3.26. The Balaban J connectivity index is 1.68. The lowest BCUT2D eigenvalue weighted by Crippen LogP contribution is -2.12. The van der Waals surface area contributed by atoms with Gasteiger partial charge in [0.25, 0.3) is 0 Å². The molecule has 0 atom stereocenters. The van der Waals surface area contributed by atoms with E-state index < -0.39 is 0 Å². The molecule has 0 unspecified atom stereocenters. The van der Waals surface area contributed by atoms with Crippen LogP contribution in [0.3, 0.4) is 0 Å². The van der Waals surface area contributed by atoms with Crippen molar-refractivity contribution < 1.29 is 0 Å². The third-order valence-electron chi connectivity index (χ3n) is 4.63. The van der Waals surface area contributed by atoms with Gasteiger partial charge >= 0.3 is 0 Å². The van der Waals surface area contributed by atoms with Crippen LogP contribution >= 0.6 is 0 Å². The van der Waals surface area contributed by atoms with Crippen LogP contribution < -0.4 is 4.90 Å². The minimum atomic E-state index is 0.675. The number of fused-ring (bicyclic) bond motifs is 2. The fourth-order valence-corrected chi connectivity index (χ4v) is 3.49. The summed E-state index contributed by atoms with van der Waals surface area (Å²) < 4.78 is 0. The predicted octanol–water partition coefficient (Wildman–Crippen LogP) is 5.36. The fourth-order valence-electron chi connectivity index (χ4n) is 3.49. The number of benzene rings is 2. The van der Waals surface area contributed by atoms with Gasteiger partial charge in [-0.3, -0.25) is 0 Å². The molecule has 2 heterocycles. The summed E-state index contributed by atoms with van der Waals surface area (Å²) in [7, 11) is 0. The number of rotatable bonds is 3. The van der Waals surface area contributed by atoms with Gasteiger partial charge in [0.05, 0.1) is 0 Å². The van der Waals surface area contributed by atoms with E-state index in [2.05, 4.69) is 72.8 Å². The summed E-state index contributed by atoms with van der Waals surface area (Å²) in [5.74, 6) is 0.675. The van der Waals surface area contributed by atoms with E-state index in [9.17, 15) is 0 Å². The smallest absolute Gasteiger partial charge is 0.0488 e. The van der Waals surface area contributed by atoms with E-state index >= 15 is 0 Å². The molecule has 3 aromatic rings. The zero-order valence-electron chi connectivity index (χ0n) is 13.8. The normalized spacial score (nSPS) is 14.0. The Morgan fingerprint density at radius 1 is 1.13 bits per heavy atom. The molecule has 2 aromatic carbocycles. The predicted molar refractivity (Wildman–Crippen MR) is 98.5 cm³/mol. The average Bonchev–Trinajstić information content (AvgIpc) is 3.11. The Hall–Kier alpha value is -2.48. The highest BCUT2D eigenvalue weighted by molar-refractivity contribution is 5.89. The van der Waals surface area contributed by atoms with Gasteiger partial charge in [0, 0.05) is 35.2 Å². The first kappa shape index (κ1) is 14.1. The van der Waals surface area contributed by atoms with Gasteiger partial charge in [-0.25, -0.2) is 0 Å². The number of aromatic amines is 1. The van der Waals surface area contributed by atoms with E-state index in [0.717, 1.165) is 18.7 Å². The lowest BCUT2D eigenvalue weighted by Gasteiger charge is -2.19. The van der Waals surface area contributed by atoms with Gasteiger partial charge in [-0.05, 0) is 53.1 Å². The highest BCUT2D eigenvalue weighted by atomic mass is 15.2. The van der Waals surface area contributed by atoms with Crippen LogP contribution in [-0.2, 0) is 13.0 Å². The molecule has 1 aromatic heterocycles. The van der Waals surface area contributed by atoms with E-state index in [-0.39, 0.29) is 0 Å². The van der Waals surface area contributed by atoms with Crippen molar-refractivity contribution in [3.8, 4) is 0 Å². The molecule has 0 bridgehead atoms. The van der Waals surface area contributed by atoms with Gasteiger partial charge in [-0.1, -0.05) is 38.6 Å². The first-order chi connectivity index (χ1) is 11.1. The van der Waals surface area contributed by atoms with Gasteiger partial charge in [0.2, 0.25) is 0 Å². The molecule has 2 heteroatoms. The van der Waals surface area contributed by atoms with Gasteiger partial charge < -0.3 is 9.88 Å². The quantitative estimate of drug-likeness (QED) is 0.690. The number of nitrogens with one attached hydrogen (secondary N) is 1. The molecule has 0 fully saturated rings. The van der Waals surface area contributed by atoms with E-state index in [0.29, 0.717) is 5.92 Å². The lowest BCUT2D eigenvalue weighted by molar-refractivity contribution is 0.647. The Morgan fingerprint density at radius 3 is 2.83 bits per heavy atom. The molecule has 0 amide bonds. The van der Waals surface area contributed by atoms with Gasteiger partial charge in [-0.15, -0.1) is 0 Å². The summed E-state index contributed by atoms with van der Waals surface area (Å²) in [6, 6.07) is 15.5. The molecule has 116 valence electrons. The molecule has 1 aliphatic rings. The molecule has 1 N–H and O–H groups in total. The van der Waals surface area contributed by atoms with Crippen molar-refractivity contribution in [3.63, 3.8) is 0 Å². The van der Waals surface area contributed by atoms with E-state index in [4.69, 9.17) is 0 Å². The van der Waals surface area contributed by atoms with Gasteiger partial charge in [0.1, 0.15) is 0 Å². The zero-order valence-corrected chi connectivity index (χ0v) is 13.8. The van der Waals surface area contributed by atoms with Crippen molar-refractivity contribution in [1.29, 1.82) is 0 Å². The number of anilines is 1. The first-order valence-electron chi connectivity index (χ1n) is 8.27. The molecular weight excluding hydrogens is 280 g/mol. The zero-order chi connectivity index (χ0) is 16.0. The summed E-state index contributed by atoms with van der Waals surface area (Å²) in [5.41, 5.74) is 7.56. The van der Waals surface area contributed by atoms with Crippen LogP contribution in [0.25, 0.3) is 16.6 Å². The summed E-state index contributed by atoms with van der Waals surface area (Å²) in [6.45, 7) is 9.79. The second-order valence-electron chi connectivity index (χ2n) is 6.87. The lowest BCUT2D eigenvalue weighted by atomic mass is 9.98. The van der Waals surface area contributed by atoms with Crippen LogP contribution in [0, 0.1) is 5.92 Å². The SMILES string of the molecule is C=C1c2cc(CC(C)C)ccc2CN1c1ccc2cc[nH]c2c1. The largest absolute Gasteiger partial charge is 0.361 e. The Bertz CT molecular complexity index is 886. The third kappa shape index (κ3) is 2.44. The van der Waals surface area contributed by atoms with Crippen LogP contribution in [-0.4, -0.2) is 4.98 Å². The van der Waals surface area contributed by atoms with Crippen LogP contribution in [0.15, 0.2) is 55.2 Å². The average molecular weight is 302 g/mol. The molecule has 0 radical (unpaired) electrons. The number of hydrogen-bond acceptors (Lipinski definition) is 1. The Labute approximate surface area is 137 Å². The van der Waals surface area contributed by atoms with Crippen molar-refractivity contribution in [1.82, 2.24) is 4.98 Å². The highest BCUT2D eigenvalue weighted by Gasteiger charge is 2.24. The maximum atomic E-state index is 4.36. The van der Waals surface area contributed by atoms with Crippen molar-refractivity contribution in [2.24, 2.45) is 5.92 Å². The maximum Gasteiger partial charge on any atom is 0.0488 e. The van der Waals surface area contributed by atoms with Crippen LogP contribution in [0.4, 0.5) is 5.69 Å². The van der Waals surface area contributed by atoms with Crippen LogP contribution in [0.1, 0.15) is 30.5 Å². The molecule has 0 spiro atoms. The molecule has 4 rings (SSSR count). The number of nitrogens with zero attached hydrogens (tertiary/aromatic N) is 1. The highest BCUT2D eigenvalue weighted by Crippen LogP contribution is 2.37. The molecule has 2 nitrogen and oxygen atoms in total. The van der Waals surface area contributed by atoms with Crippen LogP contribution in [0.5, 0.6) is 0 Å². The number of hydrogen-bond donors (Lipinski definition) is 1. The monoisotopic (exact) mass is 302 g/mol. The summed E-state index contributed by atoms with van der Waals surface area (Å²) >= 11 is 0. The summed E-state index contributed by atoms with van der Waals surface area (Å²) in [5, 5.41) is 1.25. The van der Waals surface area contributed by atoms with Crippen molar-refractivity contribution in [2.75, 3.05) is 4.90 Å². The van der Waals surface area contributed by atoms with Crippen molar-refractivity contribution in [3.05, 3.63) is 71.9 Å². The molecule has 1 aliphatic heterocycles. The topological polar surface area (TPSA) is 19.0 Å². The van der Waals surface area contributed by atoms with Gasteiger partial charge in [-0.2, -0.15) is 0 Å². The second-order valence-corrected chi connectivity index (χ2v) is 6.87. The van der Waals surface area contributed by atoms with E-state index in [1.165, 1.54) is 33.3 Å². The van der Waals surface area contributed by atoms with Crippen molar-refractivity contribution in [2.45, 2.75) is 26.8 Å². The minimum absolute atomic E-state index is 0.675. The Morgan fingerprint density at radius 2 is 2.00 bits per heavy atom. The van der Waals surface area contributed by atoms with Crippen LogP contribution in [0.2, 0.25) is 0 Å². The number of aromatic nitrogens is 1. The minimum Gasteiger partial charge on any atom is -0.361 e. The standard InChI is InChI=1S/C21H22N2/c1-14(2)10-16-4-5-18-13-23(15(3)20(18)11-16)19-7-6-17-8-9-22-21(17)12-19/h4-9,11-12,14,22H,3,10,13H2,1-2H3. The summed E-state index contributed by atoms with van der Waals surface area (Å²) in [4.78, 5) is 5.60. The van der Waals surface area contributed by atoms with E-state index in [1.807, 2.05) is 6.20 Å².